The molecule has 1 N–H and O–H groups in total. The minimum absolute atomic E-state index is 0.0657. The van der Waals surface area contributed by atoms with Gasteiger partial charge in [-0.1, -0.05) is 141 Å². The van der Waals surface area contributed by atoms with Crippen molar-refractivity contribution in [1.82, 2.24) is 0 Å². The molecule has 1 aromatic carbocycles. The molecule has 0 bridgehead atoms. The van der Waals surface area contributed by atoms with Crippen LogP contribution < -0.4 is 0 Å². The highest BCUT2D eigenvalue weighted by Crippen LogP contribution is 2.20. The number of carbonyl (C=O) groups excluding carboxylic acids is 2. The van der Waals surface area contributed by atoms with Gasteiger partial charge in [0.1, 0.15) is 0 Å². The summed E-state index contributed by atoms with van der Waals surface area (Å²) in [5.41, 5.74) is -0.282. The molecule has 0 aliphatic rings. The minimum atomic E-state index is -4.56. The molecule has 8 heteroatoms. The molecule has 1 aromatic rings. The minimum Gasteiger partial charge on any atom is -0.462 e. The maximum absolute atomic E-state index is 12.9. The van der Waals surface area contributed by atoms with Gasteiger partial charge in [0.05, 0.1) is 29.2 Å². The molecular formula is C40H66O7S. The van der Waals surface area contributed by atoms with Crippen LogP contribution in [0.1, 0.15) is 189 Å². The third-order valence-corrected chi connectivity index (χ3v) is 9.36. The predicted octanol–water partition coefficient (Wildman–Crippen LogP) is 11.8. The highest BCUT2D eigenvalue weighted by atomic mass is 32.2. The standard InChI is InChI=1S/C40H66O7S/c1-3-5-7-9-11-13-15-17-19-21-23-25-27-29-33-46-39(41)37-32-31-36(48(43,44)45)35-38(37)40(42)47-34-30-28-26-24-22-20-18-16-14-12-10-8-6-4-2/h9-12,31-32,35H,3-8,13-30,33-34H2,1-2H3,(H,43,44,45)/b11-9+,12-10+. The van der Waals surface area contributed by atoms with Crippen LogP contribution >= 0.6 is 0 Å². The molecule has 0 spiro atoms. The van der Waals surface area contributed by atoms with Crippen LogP contribution in [0, 0.1) is 0 Å². The number of allylic oxidation sites excluding steroid dienone is 4. The Kier molecular flexibility index (Phi) is 26.7. The third-order valence-electron chi connectivity index (χ3n) is 8.51. The Balaban J connectivity index is 2.31. The van der Waals surface area contributed by atoms with Crippen molar-refractivity contribution in [2.75, 3.05) is 13.2 Å². The molecule has 0 fully saturated rings. The molecule has 0 aliphatic heterocycles. The van der Waals surface area contributed by atoms with Gasteiger partial charge in [-0.15, -0.1) is 0 Å². The van der Waals surface area contributed by atoms with Gasteiger partial charge in [-0.05, 0) is 69.6 Å². The number of unbranched alkanes of at least 4 members (excludes halogenated alkanes) is 20. The molecule has 0 saturated heterocycles. The SMILES string of the molecule is CCCC/C=C/CCCCCCCCCCOC(=O)c1ccc(S(=O)(=O)O)cc1C(=O)OCCCCCCCCCC/C=C/CCCC. The van der Waals surface area contributed by atoms with E-state index in [0.717, 1.165) is 50.7 Å². The van der Waals surface area contributed by atoms with E-state index in [9.17, 15) is 22.6 Å². The monoisotopic (exact) mass is 690 g/mol. The van der Waals surface area contributed by atoms with E-state index in [2.05, 4.69) is 38.2 Å². The topological polar surface area (TPSA) is 107 Å². The number of ether oxygens (including phenoxy) is 2. The molecule has 274 valence electrons. The molecule has 7 nitrogen and oxygen atoms in total. The van der Waals surface area contributed by atoms with Crippen molar-refractivity contribution in [2.45, 2.75) is 173 Å². The fourth-order valence-electron chi connectivity index (χ4n) is 5.48. The molecule has 48 heavy (non-hydrogen) atoms. The van der Waals surface area contributed by atoms with Crippen molar-refractivity contribution >= 4 is 22.1 Å². The van der Waals surface area contributed by atoms with Crippen molar-refractivity contribution < 1.29 is 32.0 Å². The summed E-state index contributed by atoms with van der Waals surface area (Å²) in [4.78, 5) is 25.2. The van der Waals surface area contributed by atoms with Gasteiger partial charge in [-0.25, -0.2) is 9.59 Å². The molecule has 0 heterocycles. The normalized spacial score (nSPS) is 11.9. The van der Waals surface area contributed by atoms with Gasteiger partial charge in [0.2, 0.25) is 0 Å². The van der Waals surface area contributed by atoms with E-state index in [1.807, 2.05) is 0 Å². The zero-order valence-corrected chi connectivity index (χ0v) is 31.0. The lowest BCUT2D eigenvalue weighted by molar-refractivity contribution is 0.0450. The smallest absolute Gasteiger partial charge is 0.339 e. The van der Waals surface area contributed by atoms with Gasteiger partial charge in [-0.2, -0.15) is 8.42 Å². The zero-order chi connectivity index (χ0) is 35.1. The van der Waals surface area contributed by atoms with Crippen LogP contribution in [0.5, 0.6) is 0 Å². The number of hydrogen-bond donors (Lipinski definition) is 1. The second-order valence-electron chi connectivity index (χ2n) is 12.9. The van der Waals surface area contributed by atoms with E-state index in [1.165, 1.54) is 109 Å². The summed E-state index contributed by atoms with van der Waals surface area (Å²) in [6, 6.07) is 3.28. The van der Waals surface area contributed by atoms with Gasteiger partial charge >= 0.3 is 11.9 Å². The van der Waals surface area contributed by atoms with Gasteiger partial charge in [0, 0.05) is 0 Å². The molecule has 1 rings (SSSR count). The van der Waals surface area contributed by atoms with Crippen LogP contribution in [0.2, 0.25) is 0 Å². The Hall–Kier alpha value is -2.45. The number of rotatable bonds is 31. The van der Waals surface area contributed by atoms with Crippen LogP contribution in [0.15, 0.2) is 47.4 Å². The van der Waals surface area contributed by atoms with E-state index in [-0.39, 0.29) is 24.3 Å². The average Bonchev–Trinajstić information content (AvgIpc) is 3.07. The van der Waals surface area contributed by atoms with E-state index in [1.54, 1.807) is 0 Å². The summed E-state index contributed by atoms with van der Waals surface area (Å²) in [6.07, 6.45) is 36.6. The predicted molar refractivity (Wildman–Crippen MR) is 197 cm³/mol. The Labute approximate surface area is 293 Å². The third kappa shape index (κ3) is 23.0. The average molecular weight is 691 g/mol. The Morgan fingerprint density at radius 1 is 0.542 bits per heavy atom. The summed E-state index contributed by atoms with van der Waals surface area (Å²) in [7, 11) is -4.56. The largest absolute Gasteiger partial charge is 0.462 e. The number of benzene rings is 1. The van der Waals surface area contributed by atoms with Crippen molar-refractivity contribution in [1.29, 1.82) is 0 Å². The summed E-state index contributed by atoms with van der Waals surface area (Å²) < 4.78 is 43.7. The maximum atomic E-state index is 12.9. The zero-order valence-electron chi connectivity index (χ0n) is 30.2. The number of esters is 2. The van der Waals surface area contributed by atoms with Crippen LogP contribution in [0.25, 0.3) is 0 Å². The van der Waals surface area contributed by atoms with Crippen molar-refractivity contribution in [3.63, 3.8) is 0 Å². The fourth-order valence-corrected chi connectivity index (χ4v) is 5.99. The fraction of sp³-hybridized carbons (Fsp3) is 0.700. The van der Waals surface area contributed by atoms with Gasteiger partial charge in [0.15, 0.2) is 0 Å². The van der Waals surface area contributed by atoms with Crippen LogP contribution in [-0.2, 0) is 19.6 Å². The van der Waals surface area contributed by atoms with Crippen molar-refractivity contribution in [3.8, 4) is 0 Å². The second kappa shape index (κ2) is 29.5. The van der Waals surface area contributed by atoms with Gasteiger partial charge < -0.3 is 9.47 Å². The summed E-state index contributed by atoms with van der Waals surface area (Å²) in [5.74, 6) is -1.51. The van der Waals surface area contributed by atoms with Crippen LogP contribution in [0.3, 0.4) is 0 Å². The Bertz CT molecular complexity index is 1140. The van der Waals surface area contributed by atoms with Crippen molar-refractivity contribution in [3.05, 3.63) is 53.6 Å². The highest BCUT2D eigenvalue weighted by molar-refractivity contribution is 7.85. The van der Waals surface area contributed by atoms with E-state index < -0.39 is 27.0 Å². The number of carbonyl (C=O) groups is 2. The molecule has 0 radical (unpaired) electrons. The maximum Gasteiger partial charge on any atom is 0.339 e. The molecule has 0 unspecified atom stereocenters. The molecule has 0 amide bonds. The lowest BCUT2D eigenvalue weighted by Crippen LogP contribution is -2.16. The van der Waals surface area contributed by atoms with E-state index in [0.29, 0.717) is 12.8 Å². The summed E-state index contributed by atoms with van der Waals surface area (Å²) in [5, 5.41) is 0. The first kappa shape index (κ1) is 43.6. The van der Waals surface area contributed by atoms with Crippen LogP contribution in [0.4, 0.5) is 0 Å². The molecule has 0 saturated carbocycles. The Morgan fingerprint density at radius 3 is 1.29 bits per heavy atom. The first-order valence-electron chi connectivity index (χ1n) is 19.1. The molecule has 0 aromatic heterocycles. The van der Waals surface area contributed by atoms with E-state index in [4.69, 9.17) is 9.47 Å². The quantitative estimate of drug-likeness (QED) is 0.0357. The van der Waals surface area contributed by atoms with Crippen LogP contribution in [-0.4, -0.2) is 38.1 Å². The summed E-state index contributed by atoms with van der Waals surface area (Å²) in [6.45, 7) is 4.82. The second-order valence-corrected chi connectivity index (χ2v) is 14.3. The first-order valence-corrected chi connectivity index (χ1v) is 20.5. The lowest BCUT2D eigenvalue weighted by atomic mass is 10.1. The van der Waals surface area contributed by atoms with Gasteiger partial charge in [0.25, 0.3) is 10.1 Å². The van der Waals surface area contributed by atoms with Gasteiger partial charge in [-0.3, -0.25) is 4.55 Å². The number of hydrogen-bond acceptors (Lipinski definition) is 6. The van der Waals surface area contributed by atoms with E-state index >= 15 is 0 Å². The lowest BCUT2D eigenvalue weighted by Gasteiger charge is -2.11. The first-order chi connectivity index (χ1) is 23.3. The molecule has 0 aliphatic carbocycles. The summed E-state index contributed by atoms with van der Waals surface area (Å²) >= 11 is 0. The highest BCUT2D eigenvalue weighted by Gasteiger charge is 2.23. The molecular weight excluding hydrogens is 624 g/mol. The molecule has 0 atom stereocenters. The Morgan fingerprint density at radius 2 is 0.896 bits per heavy atom. The van der Waals surface area contributed by atoms with Crippen molar-refractivity contribution in [2.24, 2.45) is 0 Å².